The number of ether oxygens (including phenoxy) is 3. The Balaban J connectivity index is 0.000000125. The molecule has 0 unspecified atom stereocenters. The Morgan fingerprint density at radius 3 is 1.27 bits per heavy atom. The third kappa shape index (κ3) is 11.1. The Kier molecular flexibility index (Phi) is 16.7. The first-order chi connectivity index (χ1) is 43.8. The molecular formula is C63H65F7N12O9. The van der Waals surface area contributed by atoms with Crippen LogP contribution in [0.1, 0.15) is 70.8 Å². The van der Waals surface area contributed by atoms with Crippen molar-refractivity contribution < 1.29 is 75.6 Å². The maximum Gasteiger partial charge on any atom is 0.162 e. The maximum atomic E-state index is 14.5. The number of aromatic nitrogens is 6. The molecule has 12 atom stereocenters. The van der Waals surface area contributed by atoms with Gasteiger partial charge in [0.2, 0.25) is 0 Å². The summed E-state index contributed by atoms with van der Waals surface area (Å²) in [7, 11) is 0. The van der Waals surface area contributed by atoms with Gasteiger partial charge in [-0.25, -0.2) is 45.7 Å². The van der Waals surface area contributed by atoms with Crippen molar-refractivity contribution in [1.29, 1.82) is 0 Å². The Hall–Kier alpha value is -8.32. The molecule has 3 fully saturated rings. The van der Waals surface area contributed by atoms with Gasteiger partial charge in [0.25, 0.3) is 0 Å². The molecule has 3 aromatic carbocycles. The van der Waals surface area contributed by atoms with Crippen LogP contribution in [0.25, 0.3) is 33.1 Å². The zero-order chi connectivity index (χ0) is 63.8. The van der Waals surface area contributed by atoms with Crippen molar-refractivity contribution in [2.45, 2.75) is 131 Å². The second kappa shape index (κ2) is 24.7. The fourth-order valence-corrected chi connectivity index (χ4v) is 13.7. The van der Waals surface area contributed by atoms with Gasteiger partial charge in [0.1, 0.15) is 101 Å². The van der Waals surface area contributed by atoms with Crippen LogP contribution >= 0.6 is 0 Å². The average Bonchev–Trinajstić information content (AvgIpc) is 1.73. The number of benzene rings is 3. The molecule has 3 saturated carbocycles. The van der Waals surface area contributed by atoms with Crippen molar-refractivity contribution >= 4 is 50.2 Å². The standard InChI is InChI=1S/C21H21F3N4O3.2C21H22F2N4O3/c22-11-5-15(10-7-26-3-1-9(10)18(11)24)31-16-6-14(19(29)20(16)30)28-8-12(23)17-13(25)2-4-27-21(17)28;22-11-5-10-1-3-25-8-12(10)16(6-11)30-17-7-15(19(28)20(17)29)27-9-13(23)18-14(24)2-4-26-21(18)27;22-12-1-2-16(11-8-25-5-3-10(11)12)30-17-7-15(19(28)20(17)29)27-9-13(23)18-14(24)4-6-26-21(18)27/h2,4-5,8,14,16,19-20,26,29-30H,1,3,6-7H2,(H2,25,27);2,4-6,9,15,17,19-20,25,28-29H,1,3,7-8H2,(H2,24,26);1-2,4,6,9,15,17,19-20,25,28-29H,3,5,7-8H2,(H2,24,26)/t14-,16+,19+,20-;2*15-,17+,19+,20-/m111/s1. The van der Waals surface area contributed by atoms with E-state index in [0.29, 0.717) is 80.3 Å². The highest BCUT2D eigenvalue weighted by atomic mass is 19.2. The van der Waals surface area contributed by atoms with Crippen LogP contribution in [0.3, 0.4) is 0 Å². The third-order valence-corrected chi connectivity index (χ3v) is 18.4. The minimum absolute atomic E-state index is 0.100. The van der Waals surface area contributed by atoms with E-state index in [0.717, 1.165) is 29.3 Å². The van der Waals surface area contributed by atoms with Gasteiger partial charge in [-0.2, -0.15) is 0 Å². The lowest BCUT2D eigenvalue weighted by Crippen LogP contribution is -2.35. The molecule has 28 heteroatoms. The molecule has 0 saturated heterocycles. The molecule has 3 aliphatic heterocycles. The van der Waals surface area contributed by atoms with Crippen molar-refractivity contribution in [3.8, 4) is 17.2 Å². The van der Waals surface area contributed by atoms with E-state index in [9.17, 15) is 61.4 Å². The summed E-state index contributed by atoms with van der Waals surface area (Å²) in [6.07, 6.45) is 0.172. The number of anilines is 3. The van der Waals surface area contributed by atoms with Crippen LogP contribution in [0.4, 0.5) is 47.8 Å². The van der Waals surface area contributed by atoms with E-state index in [2.05, 4.69) is 30.9 Å². The molecule has 0 radical (unpaired) electrons. The number of aliphatic hydroxyl groups is 6. The highest BCUT2D eigenvalue weighted by Gasteiger charge is 2.48. The predicted molar refractivity (Wildman–Crippen MR) is 318 cm³/mol. The molecule has 0 amide bonds. The zero-order valence-corrected chi connectivity index (χ0v) is 48.5. The number of rotatable bonds is 9. The quantitative estimate of drug-likeness (QED) is 0.0836. The molecular weight excluding hydrogens is 1200 g/mol. The number of hydrogen-bond donors (Lipinski definition) is 12. The number of nitrogens with zero attached hydrogens (tertiary/aromatic N) is 6. The van der Waals surface area contributed by atoms with E-state index in [1.165, 1.54) is 87.3 Å². The summed E-state index contributed by atoms with van der Waals surface area (Å²) < 4.78 is 122. The molecule has 480 valence electrons. The van der Waals surface area contributed by atoms with Crippen LogP contribution in [0, 0.1) is 40.7 Å². The van der Waals surface area contributed by atoms with Crippen LogP contribution in [0.15, 0.2) is 85.7 Å². The number of halogens is 7. The van der Waals surface area contributed by atoms with Crippen molar-refractivity contribution in [2.75, 3.05) is 36.8 Å². The molecule has 15 N–H and O–H groups in total. The second-order valence-corrected chi connectivity index (χ2v) is 23.7. The van der Waals surface area contributed by atoms with Gasteiger partial charge in [-0.05, 0) is 86.4 Å². The summed E-state index contributed by atoms with van der Waals surface area (Å²) in [6.45, 7) is 3.26. The van der Waals surface area contributed by atoms with Gasteiger partial charge in [-0.15, -0.1) is 0 Å². The first-order valence-corrected chi connectivity index (χ1v) is 29.8. The number of nitrogens with one attached hydrogen (secondary N) is 3. The molecule has 6 aromatic heterocycles. The maximum absolute atomic E-state index is 14.5. The van der Waals surface area contributed by atoms with E-state index < -0.39 is 108 Å². The third-order valence-electron chi connectivity index (χ3n) is 18.4. The Bertz CT molecular complexity index is 4250. The van der Waals surface area contributed by atoms with E-state index in [-0.39, 0.29) is 80.9 Å². The predicted octanol–water partition coefficient (Wildman–Crippen LogP) is 5.11. The van der Waals surface area contributed by atoms with Gasteiger partial charge < -0.3 is 91.7 Å². The number of aliphatic hydroxyl groups excluding tert-OH is 6. The van der Waals surface area contributed by atoms with Crippen LogP contribution in [-0.4, -0.2) is 134 Å². The van der Waals surface area contributed by atoms with E-state index >= 15 is 0 Å². The Morgan fingerprint density at radius 1 is 0.418 bits per heavy atom. The minimum Gasteiger partial charge on any atom is -0.487 e. The molecule has 91 heavy (non-hydrogen) atoms. The molecule has 9 aromatic rings. The average molecular weight is 1270 g/mol. The lowest BCUT2D eigenvalue weighted by Gasteiger charge is -2.25. The van der Waals surface area contributed by atoms with E-state index in [1.54, 1.807) is 6.07 Å². The monoisotopic (exact) mass is 1270 g/mol. The number of nitrogen functional groups attached to an aromatic ring is 3. The Labute approximate surface area is 513 Å². The van der Waals surface area contributed by atoms with Gasteiger partial charge in [0.05, 0.1) is 34.3 Å². The summed E-state index contributed by atoms with van der Waals surface area (Å²) >= 11 is 0. The highest BCUT2D eigenvalue weighted by molar-refractivity contribution is 5.90. The largest absolute Gasteiger partial charge is 0.487 e. The van der Waals surface area contributed by atoms with Gasteiger partial charge in [0.15, 0.2) is 29.1 Å². The van der Waals surface area contributed by atoms with Crippen molar-refractivity contribution in [1.82, 2.24) is 44.6 Å². The molecule has 0 bridgehead atoms. The number of hydrogen-bond acceptors (Lipinski definition) is 18. The normalized spacial score (nSPS) is 26.0. The van der Waals surface area contributed by atoms with Crippen LogP contribution in [-0.2, 0) is 38.9 Å². The van der Waals surface area contributed by atoms with Crippen LogP contribution in [0.2, 0.25) is 0 Å². The molecule has 6 aliphatic rings. The van der Waals surface area contributed by atoms with Crippen molar-refractivity contribution in [2.24, 2.45) is 0 Å². The second-order valence-electron chi connectivity index (χ2n) is 23.7. The van der Waals surface area contributed by atoms with Crippen LogP contribution < -0.4 is 47.4 Å². The van der Waals surface area contributed by atoms with Gasteiger partial charge in [-0.1, -0.05) is 0 Å². The molecule has 3 aliphatic carbocycles. The molecule has 21 nitrogen and oxygen atoms in total. The fourth-order valence-electron chi connectivity index (χ4n) is 13.7. The van der Waals surface area contributed by atoms with Crippen LogP contribution in [0.5, 0.6) is 17.2 Å². The summed E-state index contributed by atoms with van der Waals surface area (Å²) in [5.74, 6) is -3.36. The molecule has 9 heterocycles. The summed E-state index contributed by atoms with van der Waals surface area (Å²) in [6, 6.07) is 9.06. The number of fused-ring (bicyclic) bond motifs is 6. The first kappa shape index (κ1) is 61.5. The van der Waals surface area contributed by atoms with Gasteiger partial charge >= 0.3 is 0 Å². The highest BCUT2D eigenvalue weighted by Crippen LogP contribution is 2.43. The topological polar surface area (TPSA) is 317 Å². The van der Waals surface area contributed by atoms with Gasteiger partial charge in [-0.3, -0.25) is 0 Å². The number of nitrogens with two attached hydrogens (primary N) is 3. The van der Waals surface area contributed by atoms with Gasteiger partial charge in [0, 0.05) is 128 Å². The summed E-state index contributed by atoms with van der Waals surface area (Å²) in [5.41, 5.74) is 22.9. The van der Waals surface area contributed by atoms with Crippen molar-refractivity contribution in [3.05, 3.63) is 160 Å². The fraction of sp³-hybridized carbons (Fsp3) is 0.381. The summed E-state index contributed by atoms with van der Waals surface area (Å²) in [4.78, 5) is 12.6. The lowest BCUT2D eigenvalue weighted by atomic mass is 9.99. The number of pyridine rings is 3. The molecule has 15 rings (SSSR count). The van der Waals surface area contributed by atoms with Crippen molar-refractivity contribution in [3.63, 3.8) is 0 Å². The lowest BCUT2D eigenvalue weighted by molar-refractivity contribution is -0.0167. The zero-order valence-electron chi connectivity index (χ0n) is 48.5. The van der Waals surface area contributed by atoms with E-state index in [1.807, 2.05) is 0 Å². The van der Waals surface area contributed by atoms with E-state index in [4.69, 9.17) is 31.4 Å². The summed E-state index contributed by atoms with van der Waals surface area (Å²) in [5, 5.41) is 73.9. The smallest absolute Gasteiger partial charge is 0.162 e. The minimum atomic E-state index is -1.33. The SMILES string of the molecule is Nc1ccnc2c1c(F)cn2[C@@H]1C[C@H](Oc2cc(F)c(F)c3c2CNCC3)[C@@H](O)[C@H]1O.Nc1ccnc2c1c(F)cn2[C@@H]1C[C@H](Oc2cc(F)cc3c2CNCC3)[C@@H](O)[C@H]1O.Nc1ccnc2c1c(F)cn2[C@@H]1C[C@H](Oc2ccc(F)c3c2CNCC3)[C@@H](O)[C@H]1O. The first-order valence-electron chi connectivity index (χ1n) is 29.8. The molecule has 0 spiro atoms. The Morgan fingerprint density at radius 2 is 0.813 bits per heavy atom.